The third kappa shape index (κ3) is 3.57. The summed E-state index contributed by atoms with van der Waals surface area (Å²) in [5, 5.41) is 3.21. The molecule has 0 radical (unpaired) electrons. The van der Waals surface area contributed by atoms with Gasteiger partial charge in [0, 0.05) is 37.1 Å². The van der Waals surface area contributed by atoms with Crippen molar-refractivity contribution in [1.29, 1.82) is 0 Å². The fourth-order valence-electron chi connectivity index (χ4n) is 2.63. The van der Waals surface area contributed by atoms with E-state index < -0.39 is 0 Å². The van der Waals surface area contributed by atoms with Gasteiger partial charge in [0.25, 0.3) is 5.91 Å². The highest BCUT2D eigenvalue weighted by atomic mass is 35.5. The normalized spacial score (nSPS) is 14.1. The van der Waals surface area contributed by atoms with E-state index in [1.807, 2.05) is 0 Å². The summed E-state index contributed by atoms with van der Waals surface area (Å²) in [6.07, 6.45) is 4.07. The Labute approximate surface area is 135 Å². The predicted octanol–water partition coefficient (Wildman–Crippen LogP) is 3.27. The van der Waals surface area contributed by atoms with Gasteiger partial charge in [0.05, 0.1) is 0 Å². The van der Waals surface area contributed by atoms with Gasteiger partial charge in [0.15, 0.2) is 0 Å². The zero-order chi connectivity index (χ0) is 15.4. The van der Waals surface area contributed by atoms with Crippen molar-refractivity contribution in [2.24, 2.45) is 0 Å². The van der Waals surface area contributed by atoms with E-state index in [1.165, 1.54) is 24.7 Å². The second-order valence-electron chi connectivity index (χ2n) is 5.41. The first kappa shape index (κ1) is 14.9. The van der Waals surface area contributed by atoms with E-state index >= 15 is 0 Å². The molecule has 1 aliphatic heterocycles. The summed E-state index contributed by atoms with van der Waals surface area (Å²) in [5.41, 5.74) is 2.86. The SMILES string of the molecule is O=C(NCc1ccc(N2CCCC2)cc1)c1ccnc(Cl)c1. The average molecular weight is 316 g/mol. The maximum atomic E-state index is 12.0. The fourth-order valence-corrected chi connectivity index (χ4v) is 2.80. The van der Waals surface area contributed by atoms with Crippen molar-refractivity contribution >= 4 is 23.2 Å². The van der Waals surface area contributed by atoms with E-state index in [1.54, 1.807) is 12.1 Å². The molecule has 0 unspecified atom stereocenters. The first-order valence-electron chi connectivity index (χ1n) is 7.46. The summed E-state index contributed by atoms with van der Waals surface area (Å²) in [7, 11) is 0. The van der Waals surface area contributed by atoms with Crippen LogP contribution in [-0.2, 0) is 6.54 Å². The average Bonchev–Trinajstić information content (AvgIpc) is 3.07. The van der Waals surface area contributed by atoms with Crippen LogP contribution in [0.5, 0.6) is 0 Å². The Hall–Kier alpha value is -2.07. The van der Waals surface area contributed by atoms with Gasteiger partial charge in [-0.15, -0.1) is 0 Å². The molecule has 0 saturated carbocycles. The number of aromatic nitrogens is 1. The van der Waals surface area contributed by atoms with Crippen LogP contribution in [0.15, 0.2) is 42.6 Å². The van der Waals surface area contributed by atoms with Crippen LogP contribution < -0.4 is 10.2 Å². The van der Waals surface area contributed by atoms with Gasteiger partial charge >= 0.3 is 0 Å². The number of benzene rings is 1. The molecule has 2 aromatic rings. The highest BCUT2D eigenvalue weighted by Gasteiger charge is 2.12. The van der Waals surface area contributed by atoms with Crippen LogP contribution in [0.4, 0.5) is 5.69 Å². The maximum absolute atomic E-state index is 12.0. The highest BCUT2D eigenvalue weighted by Crippen LogP contribution is 2.20. The minimum Gasteiger partial charge on any atom is -0.372 e. The quantitative estimate of drug-likeness (QED) is 0.881. The zero-order valence-corrected chi connectivity index (χ0v) is 13.0. The molecule has 22 heavy (non-hydrogen) atoms. The summed E-state index contributed by atoms with van der Waals surface area (Å²) in [6, 6.07) is 11.6. The molecule has 114 valence electrons. The van der Waals surface area contributed by atoms with Gasteiger partial charge in [-0.3, -0.25) is 4.79 Å². The number of carbonyl (C=O) groups is 1. The summed E-state index contributed by atoms with van der Waals surface area (Å²) in [5.74, 6) is -0.145. The Bertz CT molecular complexity index is 651. The molecule has 1 fully saturated rings. The monoisotopic (exact) mass is 315 g/mol. The molecule has 1 aromatic carbocycles. The molecule has 3 rings (SSSR count). The van der Waals surface area contributed by atoms with Crippen LogP contribution in [0.1, 0.15) is 28.8 Å². The molecule has 4 nitrogen and oxygen atoms in total. The lowest BCUT2D eigenvalue weighted by Gasteiger charge is -2.17. The van der Waals surface area contributed by atoms with Crippen molar-refractivity contribution in [2.75, 3.05) is 18.0 Å². The number of nitrogens with zero attached hydrogens (tertiary/aromatic N) is 2. The van der Waals surface area contributed by atoms with E-state index in [4.69, 9.17) is 11.6 Å². The number of carbonyl (C=O) groups excluding carboxylic acids is 1. The van der Waals surface area contributed by atoms with Crippen LogP contribution in [0.2, 0.25) is 5.15 Å². The van der Waals surface area contributed by atoms with E-state index in [0.29, 0.717) is 17.3 Å². The highest BCUT2D eigenvalue weighted by molar-refractivity contribution is 6.29. The smallest absolute Gasteiger partial charge is 0.251 e. The third-order valence-electron chi connectivity index (χ3n) is 3.85. The molecular weight excluding hydrogens is 298 g/mol. The molecule has 0 atom stereocenters. The summed E-state index contributed by atoms with van der Waals surface area (Å²) < 4.78 is 0. The van der Waals surface area contributed by atoms with Crippen molar-refractivity contribution in [1.82, 2.24) is 10.3 Å². The van der Waals surface area contributed by atoms with E-state index in [2.05, 4.69) is 39.5 Å². The Morgan fingerprint density at radius 3 is 2.59 bits per heavy atom. The van der Waals surface area contributed by atoms with Crippen molar-refractivity contribution in [3.8, 4) is 0 Å². The van der Waals surface area contributed by atoms with Crippen molar-refractivity contribution in [2.45, 2.75) is 19.4 Å². The number of hydrogen-bond donors (Lipinski definition) is 1. The molecule has 5 heteroatoms. The number of halogens is 1. The number of nitrogens with one attached hydrogen (secondary N) is 1. The first-order chi connectivity index (χ1) is 10.7. The lowest BCUT2D eigenvalue weighted by Crippen LogP contribution is -2.23. The standard InChI is InChI=1S/C17H18ClN3O/c18-16-11-14(7-8-19-16)17(22)20-12-13-3-5-15(6-4-13)21-9-1-2-10-21/h3-8,11H,1-2,9-10,12H2,(H,20,22). The minimum absolute atomic E-state index is 0.145. The lowest BCUT2D eigenvalue weighted by atomic mass is 10.2. The largest absolute Gasteiger partial charge is 0.372 e. The Kier molecular flexibility index (Phi) is 4.59. The van der Waals surface area contributed by atoms with Gasteiger partial charge in [-0.2, -0.15) is 0 Å². The zero-order valence-electron chi connectivity index (χ0n) is 12.3. The van der Waals surface area contributed by atoms with Crippen LogP contribution in [0.3, 0.4) is 0 Å². The molecule has 0 aliphatic carbocycles. The summed E-state index contributed by atoms with van der Waals surface area (Å²) in [6.45, 7) is 2.77. The number of rotatable bonds is 4. The van der Waals surface area contributed by atoms with E-state index in [0.717, 1.165) is 18.7 Å². The predicted molar refractivity (Wildman–Crippen MR) is 88.3 cm³/mol. The second kappa shape index (κ2) is 6.79. The Morgan fingerprint density at radius 2 is 1.91 bits per heavy atom. The van der Waals surface area contributed by atoms with Crippen LogP contribution in [0, 0.1) is 0 Å². The van der Waals surface area contributed by atoms with Gasteiger partial charge in [0.1, 0.15) is 5.15 Å². The van der Waals surface area contributed by atoms with Crippen molar-refractivity contribution < 1.29 is 4.79 Å². The topological polar surface area (TPSA) is 45.2 Å². The number of anilines is 1. The molecule has 1 aromatic heterocycles. The number of amides is 1. The molecule has 1 aliphatic rings. The Morgan fingerprint density at radius 1 is 1.18 bits per heavy atom. The van der Waals surface area contributed by atoms with E-state index in [-0.39, 0.29) is 5.91 Å². The molecule has 2 heterocycles. The molecule has 1 N–H and O–H groups in total. The van der Waals surface area contributed by atoms with Crippen LogP contribution >= 0.6 is 11.6 Å². The van der Waals surface area contributed by atoms with Crippen LogP contribution in [0.25, 0.3) is 0 Å². The molecule has 1 saturated heterocycles. The summed E-state index contributed by atoms with van der Waals surface area (Å²) in [4.78, 5) is 18.3. The Balaban J connectivity index is 1.58. The first-order valence-corrected chi connectivity index (χ1v) is 7.84. The van der Waals surface area contributed by atoms with Gasteiger partial charge in [-0.05, 0) is 42.7 Å². The van der Waals surface area contributed by atoms with Crippen molar-refractivity contribution in [3.63, 3.8) is 0 Å². The molecule has 0 spiro atoms. The van der Waals surface area contributed by atoms with E-state index in [9.17, 15) is 4.79 Å². The van der Waals surface area contributed by atoms with Gasteiger partial charge in [-0.1, -0.05) is 23.7 Å². The fraction of sp³-hybridized carbons (Fsp3) is 0.294. The number of pyridine rings is 1. The molecule has 1 amide bonds. The maximum Gasteiger partial charge on any atom is 0.251 e. The van der Waals surface area contributed by atoms with Crippen molar-refractivity contribution in [3.05, 3.63) is 58.9 Å². The lowest BCUT2D eigenvalue weighted by molar-refractivity contribution is 0.0951. The second-order valence-corrected chi connectivity index (χ2v) is 5.80. The molecular formula is C17H18ClN3O. The van der Waals surface area contributed by atoms with Crippen LogP contribution in [-0.4, -0.2) is 24.0 Å². The third-order valence-corrected chi connectivity index (χ3v) is 4.06. The van der Waals surface area contributed by atoms with Gasteiger partial charge in [-0.25, -0.2) is 4.98 Å². The van der Waals surface area contributed by atoms with Gasteiger partial charge in [0.2, 0.25) is 0 Å². The minimum atomic E-state index is -0.145. The van der Waals surface area contributed by atoms with Gasteiger partial charge < -0.3 is 10.2 Å². The summed E-state index contributed by atoms with van der Waals surface area (Å²) >= 11 is 5.79. The number of hydrogen-bond acceptors (Lipinski definition) is 3. The molecule has 0 bridgehead atoms.